The highest BCUT2D eigenvalue weighted by molar-refractivity contribution is 5.70. The van der Waals surface area contributed by atoms with Crippen molar-refractivity contribution in [1.29, 1.82) is 0 Å². The predicted octanol–water partition coefficient (Wildman–Crippen LogP) is 5.62. The van der Waals surface area contributed by atoms with Crippen molar-refractivity contribution in [2.45, 2.75) is 110 Å². The average molecular weight is 528 g/mol. The van der Waals surface area contributed by atoms with Gasteiger partial charge in [-0.25, -0.2) is 19.1 Å². The Balaban J connectivity index is 1.32. The van der Waals surface area contributed by atoms with Gasteiger partial charge in [-0.2, -0.15) is 4.98 Å². The highest BCUT2D eigenvalue weighted by Crippen LogP contribution is 2.60. The molecule has 4 saturated carbocycles. The van der Waals surface area contributed by atoms with Gasteiger partial charge in [0.1, 0.15) is 23.6 Å². The number of alkyl carbamates (subject to hydrolysis) is 1. The Kier molecular flexibility index (Phi) is 6.80. The first-order chi connectivity index (χ1) is 17.7. The van der Waals surface area contributed by atoms with Crippen molar-refractivity contribution < 1.29 is 23.6 Å². The molecule has 208 valence electrons. The summed E-state index contributed by atoms with van der Waals surface area (Å²) >= 11 is 0. The Morgan fingerprint density at radius 1 is 1.05 bits per heavy atom. The van der Waals surface area contributed by atoms with Crippen LogP contribution in [0.4, 0.5) is 9.59 Å². The standard InChI is InChI=1S/C28H41N5O5/c1-26(2,3)36-24(34)30-21(10-20-15-33(16-29-20)25(35)37-27(4,5)6)23-31-22(32-38-23)14-28-11-17-7-18(12-28)9-19(8-17)13-28/h15-19,21H,7-14H2,1-6H3,(H,30,34). The second-order valence-electron chi connectivity index (χ2n) is 13.8. The summed E-state index contributed by atoms with van der Waals surface area (Å²) in [4.78, 5) is 34.2. The molecule has 0 radical (unpaired) electrons. The van der Waals surface area contributed by atoms with Gasteiger partial charge in [0.15, 0.2) is 5.82 Å². The summed E-state index contributed by atoms with van der Waals surface area (Å²) in [5.41, 5.74) is -0.446. The van der Waals surface area contributed by atoms with Crippen molar-refractivity contribution in [3.05, 3.63) is 29.9 Å². The third-order valence-corrected chi connectivity index (χ3v) is 7.82. The molecule has 1 unspecified atom stereocenters. The summed E-state index contributed by atoms with van der Waals surface area (Å²) in [5, 5.41) is 7.20. The minimum absolute atomic E-state index is 0.244. The molecule has 1 amide bonds. The molecule has 4 bridgehead atoms. The van der Waals surface area contributed by atoms with Crippen molar-refractivity contribution >= 4 is 12.2 Å². The minimum Gasteiger partial charge on any atom is -0.444 e. The predicted molar refractivity (Wildman–Crippen MR) is 138 cm³/mol. The fourth-order valence-corrected chi connectivity index (χ4v) is 7.07. The number of carbonyl (C=O) groups excluding carboxylic acids is 2. The first kappa shape index (κ1) is 26.7. The minimum atomic E-state index is -0.663. The van der Waals surface area contributed by atoms with E-state index in [2.05, 4.69) is 15.5 Å². The monoisotopic (exact) mass is 527 g/mol. The Morgan fingerprint density at radius 3 is 2.24 bits per heavy atom. The second-order valence-corrected chi connectivity index (χ2v) is 13.8. The van der Waals surface area contributed by atoms with Crippen LogP contribution in [0.2, 0.25) is 0 Å². The molecule has 2 heterocycles. The van der Waals surface area contributed by atoms with Crippen molar-refractivity contribution in [3.8, 4) is 0 Å². The largest absolute Gasteiger partial charge is 0.444 e. The number of rotatable bonds is 6. The molecule has 2 aromatic rings. The zero-order valence-corrected chi connectivity index (χ0v) is 23.5. The van der Waals surface area contributed by atoms with Crippen LogP contribution in [0.15, 0.2) is 17.0 Å². The topological polar surface area (TPSA) is 121 Å². The van der Waals surface area contributed by atoms with E-state index in [9.17, 15) is 9.59 Å². The lowest BCUT2D eigenvalue weighted by Gasteiger charge is -2.56. The molecule has 1 N–H and O–H groups in total. The second kappa shape index (κ2) is 9.68. The number of amides is 1. The van der Waals surface area contributed by atoms with Gasteiger partial charge < -0.3 is 19.3 Å². The molecule has 6 rings (SSSR count). The number of nitrogens with one attached hydrogen (secondary N) is 1. The van der Waals surface area contributed by atoms with E-state index in [0.29, 0.717) is 17.4 Å². The molecular formula is C28H41N5O5. The maximum atomic E-state index is 12.7. The van der Waals surface area contributed by atoms with E-state index in [1.54, 1.807) is 47.7 Å². The summed E-state index contributed by atoms with van der Waals surface area (Å²) in [6.45, 7) is 10.8. The summed E-state index contributed by atoms with van der Waals surface area (Å²) in [5.74, 6) is 3.53. The first-order valence-electron chi connectivity index (χ1n) is 13.8. The van der Waals surface area contributed by atoms with Crippen LogP contribution in [-0.4, -0.2) is 43.1 Å². The van der Waals surface area contributed by atoms with Crippen LogP contribution in [0.1, 0.15) is 104 Å². The third-order valence-electron chi connectivity index (χ3n) is 7.82. The fraction of sp³-hybridized carbons (Fsp3) is 0.750. The number of imidazole rings is 1. The van der Waals surface area contributed by atoms with Gasteiger partial charge in [0.25, 0.3) is 0 Å². The summed E-state index contributed by atoms with van der Waals surface area (Å²) in [6.07, 6.45) is 10.8. The molecule has 2 aromatic heterocycles. The van der Waals surface area contributed by atoms with Crippen LogP contribution in [-0.2, 0) is 22.3 Å². The molecule has 10 nitrogen and oxygen atoms in total. The van der Waals surface area contributed by atoms with Gasteiger partial charge in [-0.3, -0.25) is 0 Å². The number of nitrogens with zero attached hydrogens (tertiary/aromatic N) is 4. The van der Waals surface area contributed by atoms with Gasteiger partial charge in [0.2, 0.25) is 5.89 Å². The third kappa shape index (κ3) is 6.38. The van der Waals surface area contributed by atoms with Crippen LogP contribution in [0.25, 0.3) is 0 Å². The lowest BCUT2D eigenvalue weighted by atomic mass is 9.49. The van der Waals surface area contributed by atoms with Gasteiger partial charge in [0, 0.05) is 19.0 Å². The normalized spacial score (nSPS) is 27.3. The molecule has 0 spiro atoms. The number of ether oxygens (including phenoxy) is 2. The summed E-state index contributed by atoms with van der Waals surface area (Å²) in [7, 11) is 0. The summed E-state index contributed by atoms with van der Waals surface area (Å²) in [6, 6.07) is -0.663. The van der Waals surface area contributed by atoms with Crippen molar-refractivity contribution in [3.63, 3.8) is 0 Å². The van der Waals surface area contributed by atoms with E-state index in [-0.39, 0.29) is 11.8 Å². The lowest BCUT2D eigenvalue weighted by Crippen LogP contribution is -2.47. The highest BCUT2D eigenvalue weighted by atomic mass is 16.6. The van der Waals surface area contributed by atoms with Gasteiger partial charge >= 0.3 is 12.2 Å². The van der Waals surface area contributed by atoms with Crippen molar-refractivity contribution in [2.75, 3.05) is 0 Å². The Bertz CT molecular complexity index is 1140. The summed E-state index contributed by atoms with van der Waals surface area (Å²) < 4.78 is 17.9. The van der Waals surface area contributed by atoms with E-state index < -0.39 is 29.4 Å². The molecule has 38 heavy (non-hydrogen) atoms. The molecule has 4 aliphatic carbocycles. The van der Waals surface area contributed by atoms with E-state index in [1.165, 1.54) is 49.4 Å². The molecule has 0 aliphatic heterocycles. The van der Waals surface area contributed by atoms with Crippen molar-refractivity contribution in [2.24, 2.45) is 23.2 Å². The quantitative estimate of drug-likeness (QED) is 0.514. The highest BCUT2D eigenvalue weighted by Gasteiger charge is 2.51. The van der Waals surface area contributed by atoms with Crippen LogP contribution < -0.4 is 5.32 Å². The van der Waals surface area contributed by atoms with Gasteiger partial charge in [-0.1, -0.05) is 5.16 Å². The van der Waals surface area contributed by atoms with Crippen LogP contribution in [0.3, 0.4) is 0 Å². The van der Waals surface area contributed by atoms with Gasteiger partial charge in [-0.05, 0) is 103 Å². The number of carbonyl (C=O) groups is 2. The number of hydrogen-bond acceptors (Lipinski definition) is 8. The van der Waals surface area contributed by atoms with Gasteiger partial charge in [0.05, 0.1) is 5.69 Å². The lowest BCUT2D eigenvalue weighted by molar-refractivity contribution is -0.0533. The number of aromatic nitrogens is 4. The average Bonchev–Trinajstić information content (AvgIpc) is 3.39. The van der Waals surface area contributed by atoms with Crippen molar-refractivity contribution in [1.82, 2.24) is 25.0 Å². The molecule has 1 atom stereocenters. The molecule has 4 aliphatic rings. The Hall–Kier alpha value is -2.91. The SMILES string of the molecule is CC(C)(C)OC(=O)NC(Cc1cn(C(=O)OC(C)(C)C)cn1)c1nc(CC23CC4CC(CC(C4)C2)C3)no1. The maximum Gasteiger partial charge on any atom is 0.419 e. The first-order valence-corrected chi connectivity index (χ1v) is 13.8. The van der Waals surface area contributed by atoms with Crippen LogP contribution in [0.5, 0.6) is 0 Å². The zero-order chi connectivity index (χ0) is 27.3. The zero-order valence-electron chi connectivity index (χ0n) is 23.5. The molecule has 4 fully saturated rings. The van der Waals surface area contributed by atoms with Crippen LogP contribution >= 0.6 is 0 Å². The molecule has 0 aromatic carbocycles. The van der Waals surface area contributed by atoms with Crippen LogP contribution in [0, 0.1) is 23.2 Å². The van der Waals surface area contributed by atoms with E-state index in [1.807, 2.05) is 0 Å². The van der Waals surface area contributed by atoms with Gasteiger partial charge in [-0.15, -0.1) is 0 Å². The molecule has 0 saturated heterocycles. The Labute approximate surface area is 224 Å². The smallest absolute Gasteiger partial charge is 0.419 e. The fourth-order valence-electron chi connectivity index (χ4n) is 7.07. The Morgan fingerprint density at radius 2 is 1.66 bits per heavy atom. The van der Waals surface area contributed by atoms with E-state index in [4.69, 9.17) is 19.0 Å². The van der Waals surface area contributed by atoms with E-state index in [0.717, 1.165) is 24.2 Å². The maximum absolute atomic E-state index is 12.7. The van der Waals surface area contributed by atoms with E-state index >= 15 is 0 Å². The molecular weight excluding hydrogens is 486 g/mol. The number of hydrogen-bond donors (Lipinski definition) is 1. The molecule has 10 heteroatoms.